The lowest BCUT2D eigenvalue weighted by Gasteiger charge is -2.02. The molecule has 0 unspecified atom stereocenters. The summed E-state index contributed by atoms with van der Waals surface area (Å²) in [6.07, 6.45) is 5.56. The maximum atomic E-state index is 11.9. The van der Waals surface area contributed by atoms with Gasteiger partial charge in [-0.25, -0.2) is 4.98 Å². The van der Waals surface area contributed by atoms with Crippen LogP contribution in [0, 0.1) is 0 Å². The summed E-state index contributed by atoms with van der Waals surface area (Å²) in [5.41, 5.74) is 0.836. The van der Waals surface area contributed by atoms with Crippen LogP contribution in [0.1, 0.15) is 29.7 Å². The van der Waals surface area contributed by atoms with E-state index >= 15 is 0 Å². The van der Waals surface area contributed by atoms with Gasteiger partial charge in [-0.05, 0) is 25.0 Å². The second-order valence-electron chi connectivity index (χ2n) is 4.41. The van der Waals surface area contributed by atoms with E-state index in [2.05, 4.69) is 17.2 Å². The summed E-state index contributed by atoms with van der Waals surface area (Å²) in [5, 5.41) is 4.01. The van der Waals surface area contributed by atoms with Crippen LogP contribution in [0.25, 0.3) is 0 Å². The van der Waals surface area contributed by atoms with E-state index in [1.54, 1.807) is 11.3 Å². The van der Waals surface area contributed by atoms with Gasteiger partial charge >= 0.3 is 0 Å². The molecule has 0 aliphatic rings. The summed E-state index contributed by atoms with van der Waals surface area (Å²) in [6.45, 7) is 2.17. The highest BCUT2D eigenvalue weighted by atomic mass is 32.1. The molecule has 0 aliphatic carbocycles. The molecule has 0 saturated carbocycles. The number of benzene rings is 1. The molecule has 0 spiro atoms. The number of para-hydroxylation sites is 1. The minimum atomic E-state index is 0.0110. The van der Waals surface area contributed by atoms with Crippen molar-refractivity contribution in [2.75, 3.05) is 5.32 Å². The molecule has 0 aliphatic heterocycles. The highest BCUT2D eigenvalue weighted by Crippen LogP contribution is 2.16. The van der Waals surface area contributed by atoms with Gasteiger partial charge < -0.3 is 5.32 Å². The number of hydrogen-bond donors (Lipinski definition) is 1. The lowest BCUT2D eigenvalue weighted by Crippen LogP contribution is -2.13. The van der Waals surface area contributed by atoms with Crippen LogP contribution in [0.15, 0.2) is 36.5 Å². The van der Waals surface area contributed by atoms with Gasteiger partial charge in [-0.3, -0.25) is 4.79 Å². The van der Waals surface area contributed by atoms with Crippen LogP contribution in [0.2, 0.25) is 0 Å². The van der Waals surface area contributed by atoms with Crippen molar-refractivity contribution < 1.29 is 4.79 Å². The zero-order valence-corrected chi connectivity index (χ0v) is 11.9. The number of thiazole rings is 1. The van der Waals surface area contributed by atoms with E-state index < -0.39 is 0 Å². The molecular formula is C15H18N2OS. The number of unbranched alkanes of at least 4 members (excludes halogenated alkanes) is 1. The van der Waals surface area contributed by atoms with E-state index in [-0.39, 0.29) is 5.91 Å². The first-order valence-corrected chi connectivity index (χ1v) is 7.38. The molecule has 0 radical (unpaired) electrons. The first-order valence-electron chi connectivity index (χ1n) is 6.56. The Hall–Kier alpha value is -1.68. The second-order valence-corrected chi connectivity index (χ2v) is 5.61. The number of anilines is 1. The van der Waals surface area contributed by atoms with Crippen LogP contribution in [-0.4, -0.2) is 10.9 Å². The number of carbonyl (C=O) groups excluding carboxylic acids is 1. The Labute approximate surface area is 117 Å². The highest BCUT2D eigenvalue weighted by molar-refractivity contribution is 7.11. The van der Waals surface area contributed by atoms with Gasteiger partial charge in [0.1, 0.15) is 0 Å². The van der Waals surface area contributed by atoms with Crippen LogP contribution >= 0.6 is 11.3 Å². The standard InChI is InChI=1S/C15H18N2OS/c1-2-3-9-15-16-11-13(19-15)10-14(18)17-12-7-5-4-6-8-12/h4-8,11H,2-3,9-10H2,1H3,(H,17,18). The maximum Gasteiger partial charge on any atom is 0.229 e. The Morgan fingerprint density at radius 3 is 2.84 bits per heavy atom. The second kappa shape index (κ2) is 7.04. The molecule has 2 rings (SSSR count). The predicted octanol–water partition coefficient (Wildman–Crippen LogP) is 3.67. The maximum absolute atomic E-state index is 11.9. The first-order chi connectivity index (χ1) is 9.28. The number of amides is 1. The van der Waals surface area contributed by atoms with Crippen LogP contribution in [0.5, 0.6) is 0 Å². The fourth-order valence-corrected chi connectivity index (χ4v) is 2.72. The van der Waals surface area contributed by atoms with Gasteiger partial charge in [-0.1, -0.05) is 31.5 Å². The predicted molar refractivity (Wildman–Crippen MR) is 79.5 cm³/mol. The minimum absolute atomic E-state index is 0.0110. The molecule has 0 fully saturated rings. The van der Waals surface area contributed by atoms with Crippen molar-refractivity contribution in [3.8, 4) is 0 Å². The number of carbonyl (C=O) groups is 1. The van der Waals surface area contributed by atoms with E-state index in [0.29, 0.717) is 6.42 Å². The summed E-state index contributed by atoms with van der Waals surface area (Å²) in [5.74, 6) is 0.0110. The quantitative estimate of drug-likeness (QED) is 0.873. The summed E-state index contributed by atoms with van der Waals surface area (Å²) < 4.78 is 0. The fraction of sp³-hybridized carbons (Fsp3) is 0.333. The molecule has 2 aromatic rings. The molecule has 3 nitrogen and oxygen atoms in total. The van der Waals surface area contributed by atoms with Crippen LogP contribution in [-0.2, 0) is 17.6 Å². The number of rotatable bonds is 6. The van der Waals surface area contributed by atoms with Crippen LogP contribution in [0.3, 0.4) is 0 Å². The molecule has 19 heavy (non-hydrogen) atoms. The Morgan fingerprint density at radius 1 is 1.32 bits per heavy atom. The Bertz CT molecular complexity index is 522. The van der Waals surface area contributed by atoms with Gasteiger partial charge in [-0.15, -0.1) is 11.3 Å². The number of hydrogen-bond acceptors (Lipinski definition) is 3. The molecule has 1 aromatic heterocycles. The number of aryl methyl sites for hydroxylation is 1. The van der Waals surface area contributed by atoms with Gasteiger partial charge in [0.2, 0.25) is 5.91 Å². The van der Waals surface area contributed by atoms with Gasteiger partial charge in [0.25, 0.3) is 0 Å². The molecule has 1 amide bonds. The Morgan fingerprint density at radius 2 is 2.11 bits per heavy atom. The summed E-state index contributed by atoms with van der Waals surface area (Å²) in [4.78, 5) is 17.3. The average Bonchev–Trinajstić information content (AvgIpc) is 2.85. The molecule has 0 atom stereocenters. The molecule has 0 saturated heterocycles. The van der Waals surface area contributed by atoms with Crippen molar-refractivity contribution in [3.05, 3.63) is 46.4 Å². The third-order valence-electron chi connectivity index (χ3n) is 2.74. The zero-order valence-electron chi connectivity index (χ0n) is 11.1. The monoisotopic (exact) mass is 274 g/mol. The molecule has 1 aromatic carbocycles. The molecular weight excluding hydrogens is 256 g/mol. The Balaban J connectivity index is 1.86. The normalized spacial score (nSPS) is 10.4. The lowest BCUT2D eigenvalue weighted by molar-refractivity contribution is -0.115. The third-order valence-corrected chi connectivity index (χ3v) is 3.80. The summed E-state index contributed by atoms with van der Waals surface area (Å²) >= 11 is 1.64. The lowest BCUT2D eigenvalue weighted by atomic mass is 10.3. The van der Waals surface area contributed by atoms with Gasteiger partial charge in [0.05, 0.1) is 11.4 Å². The molecule has 1 N–H and O–H groups in total. The van der Waals surface area contributed by atoms with Gasteiger partial charge in [0.15, 0.2) is 0 Å². The van der Waals surface area contributed by atoms with Crippen molar-refractivity contribution in [1.82, 2.24) is 4.98 Å². The van der Waals surface area contributed by atoms with Gasteiger partial charge in [0, 0.05) is 16.8 Å². The SMILES string of the molecule is CCCCc1ncc(CC(=O)Nc2ccccc2)s1. The smallest absolute Gasteiger partial charge is 0.229 e. The van der Waals surface area contributed by atoms with E-state index in [0.717, 1.165) is 28.4 Å². The Kier molecular flexibility index (Phi) is 5.10. The van der Waals surface area contributed by atoms with E-state index in [4.69, 9.17) is 0 Å². The van der Waals surface area contributed by atoms with E-state index in [1.165, 1.54) is 6.42 Å². The number of nitrogens with zero attached hydrogens (tertiary/aromatic N) is 1. The van der Waals surface area contributed by atoms with Crippen molar-refractivity contribution in [1.29, 1.82) is 0 Å². The highest BCUT2D eigenvalue weighted by Gasteiger charge is 2.07. The summed E-state index contributed by atoms with van der Waals surface area (Å²) in [6, 6.07) is 9.52. The average molecular weight is 274 g/mol. The molecule has 4 heteroatoms. The summed E-state index contributed by atoms with van der Waals surface area (Å²) in [7, 11) is 0. The molecule has 100 valence electrons. The van der Waals surface area contributed by atoms with Crippen molar-refractivity contribution in [2.45, 2.75) is 32.6 Å². The number of nitrogens with one attached hydrogen (secondary N) is 1. The first kappa shape index (κ1) is 13.7. The number of aromatic nitrogens is 1. The zero-order chi connectivity index (χ0) is 13.5. The minimum Gasteiger partial charge on any atom is -0.326 e. The molecule has 1 heterocycles. The van der Waals surface area contributed by atoms with Crippen molar-refractivity contribution in [2.24, 2.45) is 0 Å². The van der Waals surface area contributed by atoms with Crippen LogP contribution < -0.4 is 5.32 Å². The van der Waals surface area contributed by atoms with Crippen LogP contribution in [0.4, 0.5) is 5.69 Å². The molecule has 0 bridgehead atoms. The van der Waals surface area contributed by atoms with E-state index in [9.17, 15) is 4.79 Å². The van der Waals surface area contributed by atoms with E-state index in [1.807, 2.05) is 36.5 Å². The largest absolute Gasteiger partial charge is 0.326 e. The van der Waals surface area contributed by atoms with Crippen molar-refractivity contribution in [3.63, 3.8) is 0 Å². The topological polar surface area (TPSA) is 42.0 Å². The third kappa shape index (κ3) is 4.48. The van der Waals surface area contributed by atoms with Crippen molar-refractivity contribution >= 4 is 22.9 Å². The van der Waals surface area contributed by atoms with Gasteiger partial charge in [-0.2, -0.15) is 0 Å². The fourth-order valence-electron chi connectivity index (χ4n) is 1.76.